The Morgan fingerprint density at radius 2 is 1.75 bits per heavy atom. The molecule has 3 heteroatoms. The molecule has 1 fully saturated rings. The SMILES string of the molecule is CNCC1(OCCOCC(C)C)CCC(C(C)C)CC1. The predicted molar refractivity (Wildman–Crippen MR) is 85.1 cm³/mol. The predicted octanol–water partition coefficient (Wildman–Crippen LogP) is 3.48. The topological polar surface area (TPSA) is 30.5 Å². The molecule has 0 radical (unpaired) electrons. The number of hydrogen-bond acceptors (Lipinski definition) is 3. The molecular formula is C17H35NO2. The zero-order chi connectivity index (χ0) is 15.0. The van der Waals surface area contributed by atoms with Crippen LogP contribution < -0.4 is 5.32 Å². The number of likely N-dealkylation sites (N-methyl/N-ethyl adjacent to an activating group) is 1. The van der Waals surface area contributed by atoms with Crippen molar-refractivity contribution in [3.8, 4) is 0 Å². The van der Waals surface area contributed by atoms with Crippen molar-refractivity contribution < 1.29 is 9.47 Å². The monoisotopic (exact) mass is 285 g/mol. The summed E-state index contributed by atoms with van der Waals surface area (Å²) < 4.78 is 11.9. The Hall–Kier alpha value is -0.120. The Balaban J connectivity index is 2.33. The van der Waals surface area contributed by atoms with Crippen molar-refractivity contribution >= 4 is 0 Å². The summed E-state index contributed by atoms with van der Waals surface area (Å²) >= 11 is 0. The molecule has 0 aromatic heterocycles. The minimum atomic E-state index is 0.0430. The molecule has 1 aliphatic carbocycles. The van der Waals surface area contributed by atoms with Crippen molar-refractivity contribution in [2.45, 2.75) is 59.0 Å². The molecule has 0 unspecified atom stereocenters. The number of rotatable bonds is 9. The maximum Gasteiger partial charge on any atom is 0.0807 e. The minimum absolute atomic E-state index is 0.0430. The van der Waals surface area contributed by atoms with E-state index in [4.69, 9.17) is 9.47 Å². The largest absolute Gasteiger partial charge is 0.379 e. The van der Waals surface area contributed by atoms with Gasteiger partial charge < -0.3 is 14.8 Å². The van der Waals surface area contributed by atoms with Gasteiger partial charge in [0.15, 0.2) is 0 Å². The molecule has 0 amide bonds. The Kier molecular flexibility index (Phi) is 8.08. The van der Waals surface area contributed by atoms with Gasteiger partial charge in [-0.2, -0.15) is 0 Å². The van der Waals surface area contributed by atoms with Crippen LogP contribution in [-0.2, 0) is 9.47 Å². The van der Waals surface area contributed by atoms with Crippen molar-refractivity contribution in [2.24, 2.45) is 17.8 Å². The van der Waals surface area contributed by atoms with Crippen LogP contribution in [-0.4, -0.2) is 39.0 Å². The first-order chi connectivity index (χ1) is 9.49. The zero-order valence-electron chi connectivity index (χ0n) is 14.2. The smallest absolute Gasteiger partial charge is 0.0807 e. The molecule has 1 N–H and O–H groups in total. The van der Waals surface area contributed by atoms with Gasteiger partial charge in [-0.15, -0.1) is 0 Å². The maximum atomic E-state index is 6.23. The van der Waals surface area contributed by atoms with E-state index in [2.05, 4.69) is 33.0 Å². The lowest BCUT2D eigenvalue weighted by Crippen LogP contribution is -2.46. The summed E-state index contributed by atoms with van der Waals surface area (Å²) in [5.41, 5.74) is 0.0430. The number of hydrogen-bond donors (Lipinski definition) is 1. The van der Waals surface area contributed by atoms with Gasteiger partial charge in [0.2, 0.25) is 0 Å². The highest BCUT2D eigenvalue weighted by molar-refractivity contribution is 4.89. The van der Waals surface area contributed by atoms with Crippen LogP contribution in [0.1, 0.15) is 53.4 Å². The van der Waals surface area contributed by atoms with Crippen molar-refractivity contribution in [3.05, 3.63) is 0 Å². The Labute approximate surface area is 125 Å². The van der Waals surface area contributed by atoms with E-state index >= 15 is 0 Å². The third kappa shape index (κ3) is 6.11. The molecule has 0 bridgehead atoms. The van der Waals surface area contributed by atoms with E-state index in [0.29, 0.717) is 5.92 Å². The van der Waals surface area contributed by atoms with E-state index in [1.807, 2.05) is 7.05 Å². The number of ether oxygens (including phenoxy) is 2. The molecule has 1 saturated carbocycles. The molecule has 0 spiro atoms. The van der Waals surface area contributed by atoms with Gasteiger partial charge >= 0.3 is 0 Å². The number of nitrogens with one attached hydrogen (secondary N) is 1. The van der Waals surface area contributed by atoms with Crippen LogP contribution in [0.4, 0.5) is 0 Å². The third-order valence-electron chi connectivity index (χ3n) is 4.47. The quantitative estimate of drug-likeness (QED) is 0.658. The summed E-state index contributed by atoms with van der Waals surface area (Å²) in [5.74, 6) is 2.28. The fourth-order valence-corrected chi connectivity index (χ4v) is 3.16. The van der Waals surface area contributed by atoms with Crippen molar-refractivity contribution in [2.75, 3.05) is 33.4 Å². The Morgan fingerprint density at radius 1 is 1.10 bits per heavy atom. The van der Waals surface area contributed by atoms with E-state index in [9.17, 15) is 0 Å². The lowest BCUT2D eigenvalue weighted by atomic mass is 9.74. The average Bonchev–Trinajstić information content (AvgIpc) is 2.39. The van der Waals surface area contributed by atoms with Crippen molar-refractivity contribution in [3.63, 3.8) is 0 Å². The molecule has 1 rings (SSSR count). The molecule has 120 valence electrons. The highest BCUT2D eigenvalue weighted by Gasteiger charge is 2.36. The van der Waals surface area contributed by atoms with Gasteiger partial charge in [-0.1, -0.05) is 27.7 Å². The fourth-order valence-electron chi connectivity index (χ4n) is 3.16. The molecule has 0 atom stereocenters. The molecule has 20 heavy (non-hydrogen) atoms. The lowest BCUT2D eigenvalue weighted by molar-refractivity contribution is -0.0955. The first kappa shape index (κ1) is 17.9. The summed E-state index contributed by atoms with van der Waals surface area (Å²) in [5, 5.41) is 3.32. The summed E-state index contributed by atoms with van der Waals surface area (Å²) in [7, 11) is 2.02. The third-order valence-corrected chi connectivity index (χ3v) is 4.47. The van der Waals surface area contributed by atoms with Crippen LogP contribution in [0.5, 0.6) is 0 Å². The second-order valence-corrected chi connectivity index (χ2v) is 7.11. The van der Waals surface area contributed by atoms with Crippen LogP contribution in [0.15, 0.2) is 0 Å². The van der Waals surface area contributed by atoms with Gasteiger partial charge in [-0.3, -0.25) is 0 Å². The van der Waals surface area contributed by atoms with Gasteiger partial charge in [-0.05, 0) is 50.5 Å². The van der Waals surface area contributed by atoms with Crippen LogP contribution in [0.3, 0.4) is 0 Å². The molecule has 3 nitrogen and oxygen atoms in total. The summed E-state index contributed by atoms with van der Waals surface area (Å²) in [4.78, 5) is 0. The first-order valence-electron chi connectivity index (χ1n) is 8.35. The maximum absolute atomic E-state index is 6.23. The summed E-state index contributed by atoms with van der Waals surface area (Å²) in [6, 6.07) is 0. The Bertz CT molecular complexity index is 245. The minimum Gasteiger partial charge on any atom is -0.379 e. The average molecular weight is 285 g/mol. The van der Waals surface area contributed by atoms with Crippen molar-refractivity contribution in [1.29, 1.82) is 0 Å². The van der Waals surface area contributed by atoms with Gasteiger partial charge in [0, 0.05) is 13.2 Å². The standard InChI is InChI=1S/C17H35NO2/c1-14(2)12-19-10-11-20-17(13-18-5)8-6-16(7-9-17)15(3)4/h14-16,18H,6-13H2,1-5H3. The van der Waals surface area contributed by atoms with Crippen LogP contribution in [0, 0.1) is 17.8 Å². The normalized spacial score (nSPS) is 27.4. The van der Waals surface area contributed by atoms with E-state index in [-0.39, 0.29) is 5.60 Å². The fraction of sp³-hybridized carbons (Fsp3) is 1.00. The molecule has 0 aliphatic heterocycles. The van der Waals surface area contributed by atoms with Crippen LogP contribution in [0.25, 0.3) is 0 Å². The highest BCUT2D eigenvalue weighted by Crippen LogP contribution is 2.37. The highest BCUT2D eigenvalue weighted by atomic mass is 16.5. The molecule has 0 aromatic carbocycles. The Morgan fingerprint density at radius 3 is 2.25 bits per heavy atom. The van der Waals surface area contributed by atoms with Gasteiger partial charge in [0.25, 0.3) is 0 Å². The zero-order valence-corrected chi connectivity index (χ0v) is 14.2. The molecular weight excluding hydrogens is 250 g/mol. The summed E-state index contributed by atoms with van der Waals surface area (Å²) in [6.07, 6.45) is 4.96. The molecule has 0 aromatic rings. The van der Waals surface area contributed by atoms with Gasteiger partial charge in [-0.25, -0.2) is 0 Å². The van der Waals surface area contributed by atoms with Gasteiger partial charge in [0.05, 0.1) is 18.8 Å². The van der Waals surface area contributed by atoms with E-state index in [1.165, 1.54) is 25.7 Å². The molecule has 0 heterocycles. The van der Waals surface area contributed by atoms with Gasteiger partial charge in [0.1, 0.15) is 0 Å². The second kappa shape index (κ2) is 9.01. The van der Waals surface area contributed by atoms with Crippen LogP contribution in [0.2, 0.25) is 0 Å². The molecule has 1 aliphatic rings. The van der Waals surface area contributed by atoms with Crippen LogP contribution >= 0.6 is 0 Å². The van der Waals surface area contributed by atoms with Crippen molar-refractivity contribution in [1.82, 2.24) is 5.32 Å². The van der Waals surface area contributed by atoms with E-state index in [1.54, 1.807) is 0 Å². The second-order valence-electron chi connectivity index (χ2n) is 7.11. The van der Waals surface area contributed by atoms with E-state index in [0.717, 1.165) is 38.2 Å². The van der Waals surface area contributed by atoms with E-state index < -0.39 is 0 Å². The summed E-state index contributed by atoms with van der Waals surface area (Å²) in [6.45, 7) is 12.3. The lowest BCUT2D eigenvalue weighted by Gasteiger charge is -2.41. The molecule has 0 saturated heterocycles. The first-order valence-corrected chi connectivity index (χ1v) is 8.35.